The molecule has 0 aromatic carbocycles. The third kappa shape index (κ3) is 4.03. The summed E-state index contributed by atoms with van der Waals surface area (Å²) in [7, 11) is 0. The van der Waals surface area contributed by atoms with Gasteiger partial charge in [0.15, 0.2) is 12.1 Å². The monoisotopic (exact) mass is 600 g/mol. The summed E-state index contributed by atoms with van der Waals surface area (Å²) in [5.74, 6) is -0.811. The largest absolute Gasteiger partial charge is 0.458 e. The fourth-order valence-corrected chi connectivity index (χ4v) is 11.7. The van der Waals surface area contributed by atoms with Crippen LogP contribution < -0.4 is 0 Å². The summed E-state index contributed by atoms with van der Waals surface area (Å²) in [6.07, 6.45) is 12.2. The first kappa shape index (κ1) is 29.1. The molecule has 8 rings (SSSR count). The Hall–Kier alpha value is -1.36. The van der Waals surface area contributed by atoms with Crippen molar-refractivity contribution in [3.05, 3.63) is 11.6 Å². The second-order valence-electron chi connectivity index (χ2n) is 15.6. The maximum absolute atomic E-state index is 13.1. The molecule has 3 heterocycles. The van der Waals surface area contributed by atoms with Gasteiger partial charge in [0.05, 0.1) is 34.9 Å². The van der Waals surface area contributed by atoms with Crippen molar-refractivity contribution < 1.29 is 43.5 Å². The fraction of sp³-hybridized carbons (Fsp3) is 0.882. The van der Waals surface area contributed by atoms with E-state index in [1.165, 1.54) is 0 Å². The Morgan fingerprint density at radius 3 is 2.51 bits per heavy atom. The minimum atomic E-state index is -1.18. The number of aldehydes is 1. The van der Waals surface area contributed by atoms with Gasteiger partial charge in [0.2, 0.25) is 0 Å². The number of carbonyl (C=O) groups excluding carboxylic acids is 2. The van der Waals surface area contributed by atoms with Crippen molar-refractivity contribution in [3.63, 3.8) is 0 Å². The normalized spacial score (nSPS) is 53.5. The number of aliphatic hydroxyl groups is 2. The van der Waals surface area contributed by atoms with E-state index in [0.717, 1.165) is 56.8 Å². The van der Waals surface area contributed by atoms with E-state index in [1.54, 1.807) is 6.08 Å². The molecule has 238 valence electrons. The lowest BCUT2D eigenvalue weighted by Gasteiger charge is -2.65. The summed E-state index contributed by atoms with van der Waals surface area (Å²) >= 11 is 0. The van der Waals surface area contributed by atoms with Crippen molar-refractivity contribution in [1.82, 2.24) is 0 Å². The first-order valence-corrected chi connectivity index (χ1v) is 17.0. The zero-order valence-corrected chi connectivity index (χ0v) is 25.6. The Bertz CT molecular complexity index is 1200. The first-order valence-electron chi connectivity index (χ1n) is 17.0. The van der Waals surface area contributed by atoms with Crippen LogP contribution >= 0.6 is 0 Å². The van der Waals surface area contributed by atoms with Crippen LogP contribution in [0.15, 0.2) is 11.6 Å². The fourth-order valence-electron chi connectivity index (χ4n) is 11.7. The van der Waals surface area contributed by atoms with Gasteiger partial charge in [0.1, 0.15) is 19.0 Å². The van der Waals surface area contributed by atoms with Gasteiger partial charge >= 0.3 is 5.97 Å². The highest BCUT2D eigenvalue weighted by Crippen LogP contribution is 2.70. The molecule has 2 N–H and O–H groups in total. The van der Waals surface area contributed by atoms with Crippen LogP contribution in [0, 0.1) is 28.6 Å². The van der Waals surface area contributed by atoms with E-state index in [2.05, 4.69) is 6.92 Å². The SMILES string of the molecule is C[C@H]1O[C@H](O[C@H]2CC[C@]3(C=O)[C@H]4CC[C@]5(C)[C@@H](C6=CC(=O)OC6)CCC5(O)[C@@H]4CC[C@]3(O)C2)CC2OC3(CCCC3)OC21. The lowest BCUT2D eigenvalue weighted by molar-refractivity contribution is -0.278. The van der Waals surface area contributed by atoms with Crippen LogP contribution in [-0.2, 0) is 33.3 Å². The summed E-state index contributed by atoms with van der Waals surface area (Å²) < 4.78 is 31.0. The molecule has 7 fully saturated rings. The van der Waals surface area contributed by atoms with Gasteiger partial charge in [-0.2, -0.15) is 0 Å². The molecule has 43 heavy (non-hydrogen) atoms. The van der Waals surface area contributed by atoms with Crippen molar-refractivity contribution >= 4 is 12.3 Å². The van der Waals surface area contributed by atoms with Crippen molar-refractivity contribution in [2.24, 2.45) is 28.6 Å². The van der Waals surface area contributed by atoms with Gasteiger partial charge < -0.3 is 38.7 Å². The molecule has 5 aliphatic carbocycles. The maximum atomic E-state index is 13.1. The highest BCUT2D eigenvalue weighted by Gasteiger charge is 2.71. The average Bonchev–Trinajstić information content (AvgIpc) is 3.75. The number of fused-ring (bicyclic) bond motifs is 6. The maximum Gasteiger partial charge on any atom is 0.331 e. The van der Waals surface area contributed by atoms with E-state index < -0.39 is 28.7 Å². The second kappa shape index (κ2) is 9.82. The Kier molecular flexibility index (Phi) is 6.64. The van der Waals surface area contributed by atoms with Crippen molar-refractivity contribution in [3.8, 4) is 0 Å². The molecule has 0 aromatic rings. The molecule has 12 atom stereocenters. The number of ether oxygens (including phenoxy) is 5. The van der Waals surface area contributed by atoms with Crippen LogP contribution in [0.4, 0.5) is 0 Å². The van der Waals surface area contributed by atoms with E-state index in [9.17, 15) is 19.8 Å². The summed E-state index contributed by atoms with van der Waals surface area (Å²) in [5, 5.41) is 24.8. The highest BCUT2D eigenvalue weighted by atomic mass is 16.8. The molecule has 1 spiro atoms. The smallest absolute Gasteiger partial charge is 0.331 e. The van der Waals surface area contributed by atoms with Crippen LogP contribution in [0.2, 0.25) is 0 Å². The second-order valence-corrected chi connectivity index (χ2v) is 15.6. The minimum Gasteiger partial charge on any atom is -0.458 e. The van der Waals surface area contributed by atoms with Crippen LogP contribution in [-0.4, -0.2) is 76.8 Å². The van der Waals surface area contributed by atoms with Gasteiger partial charge in [-0.15, -0.1) is 0 Å². The van der Waals surface area contributed by atoms with Gasteiger partial charge in [-0.1, -0.05) is 6.92 Å². The number of rotatable bonds is 4. The highest BCUT2D eigenvalue weighted by molar-refractivity contribution is 5.85. The van der Waals surface area contributed by atoms with Crippen molar-refractivity contribution in [1.29, 1.82) is 0 Å². The topological polar surface area (TPSA) is 121 Å². The van der Waals surface area contributed by atoms with Gasteiger partial charge in [0.25, 0.3) is 0 Å². The number of hydrogen-bond donors (Lipinski definition) is 2. The summed E-state index contributed by atoms with van der Waals surface area (Å²) in [6.45, 7) is 4.52. The lowest BCUT2D eigenvalue weighted by atomic mass is 9.41. The average molecular weight is 601 g/mol. The van der Waals surface area contributed by atoms with E-state index in [4.69, 9.17) is 23.7 Å². The molecular weight excluding hydrogens is 552 g/mol. The van der Waals surface area contributed by atoms with Crippen LogP contribution in [0.5, 0.6) is 0 Å². The number of hydrogen-bond acceptors (Lipinski definition) is 9. The Morgan fingerprint density at radius 2 is 1.77 bits per heavy atom. The first-order chi connectivity index (χ1) is 20.5. The van der Waals surface area contributed by atoms with Gasteiger partial charge in [-0.3, -0.25) is 0 Å². The zero-order valence-electron chi connectivity index (χ0n) is 25.6. The molecule has 9 nitrogen and oxygen atoms in total. The number of cyclic esters (lactones) is 1. The summed E-state index contributed by atoms with van der Waals surface area (Å²) in [4.78, 5) is 25.0. The summed E-state index contributed by atoms with van der Waals surface area (Å²) in [5.41, 5.74) is -2.42. The molecule has 3 unspecified atom stereocenters. The Labute approximate surface area is 254 Å². The minimum absolute atomic E-state index is 0.0553. The van der Waals surface area contributed by atoms with Crippen LogP contribution in [0.3, 0.4) is 0 Å². The molecule has 5 saturated carbocycles. The van der Waals surface area contributed by atoms with E-state index in [1.807, 2.05) is 6.92 Å². The van der Waals surface area contributed by atoms with Crippen molar-refractivity contribution in [2.75, 3.05) is 6.61 Å². The third-order valence-corrected chi connectivity index (χ3v) is 13.9. The van der Waals surface area contributed by atoms with Gasteiger partial charge in [-0.25, -0.2) is 4.79 Å². The zero-order chi connectivity index (χ0) is 29.8. The van der Waals surface area contributed by atoms with E-state index >= 15 is 0 Å². The lowest BCUT2D eigenvalue weighted by Crippen LogP contribution is -2.69. The molecule has 0 amide bonds. The molecule has 3 aliphatic heterocycles. The molecule has 0 radical (unpaired) electrons. The molecule has 9 heteroatoms. The predicted octanol–water partition coefficient (Wildman–Crippen LogP) is 4.11. The standard InChI is InChI=1S/C34H48O9/c1-20-29-26(42-33(43-29)9-3-4-10-33)16-28(40-20)41-22-5-12-31(19-35)24-6-11-30(2)23(21-15-27(36)39-18-21)8-14-34(30,38)25(24)7-13-32(31,37)17-22/h15,19-20,22-26,28-29,37-38H,3-14,16-18H2,1-2H3/t20-,22+,23-,24+,25-,26?,28-,29?,30-,31+,32+,34?/m1/s1. The van der Waals surface area contributed by atoms with E-state index in [-0.39, 0.29) is 53.6 Å². The molecule has 8 aliphatic rings. The Morgan fingerprint density at radius 1 is 0.977 bits per heavy atom. The third-order valence-electron chi connectivity index (χ3n) is 13.9. The summed E-state index contributed by atoms with van der Waals surface area (Å²) in [6, 6.07) is 0. The quantitative estimate of drug-likeness (QED) is 0.279. The van der Waals surface area contributed by atoms with Crippen LogP contribution in [0.1, 0.15) is 104 Å². The molecule has 2 saturated heterocycles. The van der Waals surface area contributed by atoms with Gasteiger partial charge in [-0.05, 0) is 94.5 Å². The van der Waals surface area contributed by atoms with Gasteiger partial charge in [0, 0.05) is 37.2 Å². The van der Waals surface area contributed by atoms with E-state index in [0.29, 0.717) is 51.6 Å². The Balaban J connectivity index is 0.979. The van der Waals surface area contributed by atoms with Crippen LogP contribution in [0.25, 0.3) is 0 Å². The molecule has 0 aromatic heterocycles. The molecule has 0 bridgehead atoms. The number of esters is 1. The molecular formula is C34H48O9. The van der Waals surface area contributed by atoms with Crippen molar-refractivity contribution in [2.45, 2.75) is 151 Å². The predicted molar refractivity (Wildman–Crippen MR) is 152 cm³/mol. The number of carbonyl (C=O) groups is 2.